The van der Waals surface area contributed by atoms with E-state index in [-0.39, 0.29) is 24.0 Å². The number of aryl methyl sites for hydroxylation is 1. The highest BCUT2D eigenvalue weighted by atomic mass is 35.5. The van der Waals surface area contributed by atoms with Crippen LogP contribution in [0.5, 0.6) is 0 Å². The molecule has 2 N–H and O–H groups in total. The molecule has 3 aliphatic rings. The van der Waals surface area contributed by atoms with Gasteiger partial charge in [0.05, 0.1) is 26.8 Å². The van der Waals surface area contributed by atoms with Crippen molar-refractivity contribution in [3.8, 4) is 11.3 Å². The highest BCUT2D eigenvalue weighted by Crippen LogP contribution is 2.53. The molecule has 0 radical (unpaired) electrons. The van der Waals surface area contributed by atoms with E-state index in [4.69, 9.17) is 44.1 Å². The Kier molecular flexibility index (Phi) is 7.24. The summed E-state index contributed by atoms with van der Waals surface area (Å²) in [5, 5.41) is 26.6. The molecule has 1 atom stereocenters. The van der Waals surface area contributed by atoms with Crippen molar-refractivity contribution in [2.45, 2.75) is 63.1 Å². The molecule has 208 valence electrons. The van der Waals surface area contributed by atoms with Crippen LogP contribution in [0, 0.1) is 12.8 Å². The average molecular weight is 601 g/mol. The van der Waals surface area contributed by atoms with Crippen LogP contribution in [-0.4, -0.2) is 26.9 Å². The van der Waals surface area contributed by atoms with E-state index in [1.165, 1.54) is 0 Å². The molecule has 40 heavy (non-hydrogen) atoms. The van der Waals surface area contributed by atoms with Gasteiger partial charge in [-0.2, -0.15) is 0 Å². The second-order valence-electron chi connectivity index (χ2n) is 11.1. The first-order valence-corrected chi connectivity index (χ1v) is 14.5. The van der Waals surface area contributed by atoms with Gasteiger partial charge < -0.3 is 19.5 Å². The second kappa shape index (κ2) is 10.6. The maximum Gasteiger partial charge on any atom is 0.335 e. The van der Waals surface area contributed by atoms with Gasteiger partial charge in [0.1, 0.15) is 23.8 Å². The van der Waals surface area contributed by atoms with Gasteiger partial charge in [0, 0.05) is 22.4 Å². The smallest absolute Gasteiger partial charge is 0.335 e. The van der Waals surface area contributed by atoms with Crippen LogP contribution >= 0.6 is 34.8 Å². The zero-order valence-electron chi connectivity index (χ0n) is 21.8. The number of benzene rings is 2. The second-order valence-corrected chi connectivity index (χ2v) is 12.4. The number of carboxylic acid groups (broad SMARTS) is 1. The summed E-state index contributed by atoms with van der Waals surface area (Å²) in [7, 11) is 0. The molecule has 2 fully saturated rings. The summed E-state index contributed by atoms with van der Waals surface area (Å²) in [4.78, 5) is 11.5. The third-order valence-corrected chi connectivity index (χ3v) is 9.19. The largest absolute Gasteiger partial charge is 0.489 e. The Bertz CT molecular complexity index is 1530. The number of hydrogen-bond acceptors (Lipinski definition) is 5. The number of hydrogen-bond donors (Lipinski definition) is 2. The quantitative estimate of drug-likeness (QED) is 0.270. The zero-order chi connectivity index (χ0) is 28.2. The Hall–Kier alpha value is -2.77. The first-order valence-electron chi connectivity index (χ1n) is 13.3. The molecular weight excluding hydrogens is 573 g/mol. The van der Waals surface area contributed by atoms with Crippen molar-refractivity contribution in [1.82, 2.24) is 5.16 Å². The van der Waals surface area contributed by atoms with Crippen molar-refractivity contribution in [2.75, 3.05) is 0 Å². The first kappa shape index (κ1) is 27.4. The number of aromatic carboxylic acids is 1. The van der Waals surface area contributed by atoms with Crippen molar-refractivity contribution in [3.63, 3.8) is 0 Å². The van der Waals surface area contributed by atoms with E-state index in [0.29, 0.717) is 57.3 Å². The van der Waals surface area contributed by atoms with Crippen LogP contribution in [0.2, 0.25) is 10.0 Å². The minimum absolute atomic E-state index is 0.0820. The Morgan fingerprint density at radius 3 is 2.50 bits per heavy atom. The Labute approximate surface area is 247 Å². The molecule has 0 aliphatic heterocycles. The molecule has 6 rings (SSSR count). The molecule has 9 heteroatoms. The van der Waals surface area contributed by atoms with Gasteiger partial charge in [-0.25, -0.2) is 4.79 Å². The average Bonchev–Trinajstić information content (AvgIpc) is 3.65. The van der Waals surface area contributed by atoms with Gasteiger partial charge in [-0.05, 0) is 92.5 Å². The Morgan fingerprint density at radius 1 is 1.12 bits per heavy atom. The lowest BCUT2D eigenvalue weighted by atomic mass is 9.61. The number of ether oxygens (including phenoxy) is 1. The van der Waals surface area contributed by atoms with Gasteiger partial charge in [0.25, 0.3) is 0 Å². The molecule has 0 amide bonds. The topological polar surface area (TPSA) is 92.8 Å². The van der Waals surface area contributed by atoms with Gasteiger partial charge in [0.2, 0.25) is 0 Å². The van der Waals surface area contributed by atoms with E-state index in [9.17, 15) is 15.0 Å². The van der Waals surface area contributed by atoms with Crippen molar-refractivity contribution in [3.05, 3.63) is 97.4 Å². The number of carboxylic acids is 1. The number of aliphatic hydroxyl groups is 1. The van der Waals surface area contributed by atoms with Crippen molar-refractivity contribution in [2.24, 2.45) is 5.92 Å². The number of aromatic nitrogens is 1. The number of carbonyl (C=O) groups is 1. The molecule has 1 heterocycles. The van der Waals surface area contributed by atoms with Gasteiger partial charge in [-0.3, -0.25) is 0 Å². The first-order chi connectivity index (χ1) is 19.1. The van der Waals surface area contributed by atoms with Gasteiger partial charge >= 0.3 is 5.97 Å². The normalized spacial score (nSPS) is 24.2. The van der Waals surface area contributed by atoms with Crippen molar-refractivity contribution < 1.29 is 24.3 Å². The maximum atomic E-state index is 11.5. The molecule has 3 aromatic rings. The van der Waals surface area contributed by atoms with Crippen LogP contribution in [-0.2, 0) is 11.3 Å². The molecule has 2 aromatic carbocycles. The zero-order valence-corrected chi connectivity index (χ0v) is 24.1. The summed E-state index contributed by atoms with van der Waals surface area (Å²) in [6.45, 7) is 2.10. The van der Waals surface area contributed by atoms with Gasteiger partial charge in [0.15, 0.2) is 0 Å². The van der Waals surface area contributed by atoms with Crippen molar-refractivity contribution in [1.29, 1.82) is 0 Å². The van der Waals surface area contributed by atoms with E-state index in [0.717, 1.165) is 35.3 Å². The Morgan fingerprint density at radius 2 is 1.85 bits per heavy atom. The van der Waals surface area contributed by atoms with Crippen LogP contribution < -0.4 is 0 Å². The molecule has 3 aliphatic carbocycles. The lowest BCUT2D eigenvalue weighted by Gasteiger charge is -2.49. The summed E-state index contributed by atoms with van der Waals surface area (Å²) >= 11 is 19.7. The predicted molar refractivity (Wildman–Crippen MR) is 154 cm³/mol. The van der Waals surface area contributed by atoms with Crippen LogP contribution in [0.15, 0.2) is 63.9 Å². The fraction of sp³-hybridized carbons (Fsp3) is 0.355. The summed E-state index contributed by atoms with van der Waals surface area (Å²) in [6.07, 6.45) is 7.35. The molecule has 6 nitrogen and oxygen atoms in total. The standard InChI is InChI=1S/C31H28Cl3NO5/c1-16-9-18(11-19(10-16)30(36)37)20-13-31(38,14-20)23-8-7-21(12-26(23)34)39-15-22-28(35-40-29(22)17-5-6-17)27-24(32)3-2-4-25(27)33/h2-4,7,9-12,17,20,23,38H,5-6,8,13-15H2,1H3,(H,36,37). The van der Waals surface area contributed by atoms with E-state index in [1.807, 2.05) is 19.1 Å². The number of allylic oxidation sites excluding steroid dienone is 2. The molecule has 2 saturated carbocycles. The summed E-state index contributed by atoms with van der Waals surface area (Å²) in [5.41, 5.74) is 3.16. The van der Waals surface area contributed by atoms with Gasteiger partial charge in [-0.1, -0.05) is 52.1 Å². The highest BCUT2D eigenvalue weighted by molar-refractivity contribution is 6.39. The number of nitrogens with zero attached hydrogens (tertiary/aromatic N) is 1. The molecule has 0 saturated heterocycles. The lowest BCUT2D eigenvalue weighted by Crippen LogP contribution is -2.49. The van der Waals surface area contributed by atoms with Crippen molar-refractivity contribution >= 4 is 40.8 Å². The third kappa shape index (κ3) is 5.18. The monoisotopic (exact) mass is 599 g/mol. The molecule has 0 spiro atoms. The fourth-order valence-corrected chi connectivity index (χ4v) is 6.88. The van der Waals surface area contributed by atoms with Crippen LogP contribution in [0.25, 0.3) is 11.3 Å². The Balaban J connectivity index is 1.15. The van der Waals surface area contributed by atoms with Crippen LogP contribution in [0.3, 0.4) is 0 Å². The summed E-state index contributed by atoms with van der Waals surface area (Å²) in [6, 6.07) is 10.7. The summed E-state index contributed by atoms with van der Waals surface area (Å²) in [5.74, 6) is 0.603. The lowest BCUT2D eigenvalue weighted by molar-refractivity contribution is -0.0836. The minimum Gasteiger partial charge on any atom is -0.489 e. The molecule has 1 aromatic heterocycles. The molecule has 1 unspecified atom stereocenters. The van der Waals surface area contributed by atoms with E-state index in [2.05, 4.69) is 5.16 Å². The fourth-order valence-electron chi connectivity index (χ4n) is 5.91. The molecular formula is C31H28Cl3NO5. The number of rotatable bonds is 8. The van der Waals surface area contributed by atoms with E-state index in [1.54, 1.807) is 36.4 Å². The van der Waals surface area contributed by atoms with E-state index >= 15 is 0 Å². The molecule has 0 bridgehead atoms. The highest BCUT2D eigenvalue weighted by Gasteiger charge is 2.50. The number of halogens is 3. The third-order valence-electron chi connectivity index (χ3n) is 8.18. The summed E-state index contributed by atoms with van der Waals surface area (Å²) < 4.78 is 11.9. The predicted octanol–water partition coefficient (Wildman–Crippen LogP) is 8.38. The van der Waals surface area contributed by atoms with Gasteiger partial charge in [-0.15, -0.1) is 0 Å². The van der Waals surface area contributed by atoms with E-state index < -0.39 is 11.6 Å². The SMILES string of the molecule is Cc1cc(C(=O)O)cc(C2CC(O)(C3CC=C(OCc4c(-c5c(Cl)cccc5Cl)noc4C4CC4)C=C3Cl)C2)c1. The maximum absolute atomic E-state index is 11.5. The van der Waals surface area contributed by atoms with Crippen LogP contribution in [0.1, 0.15) is 76.7 Å². The van der Waals surface area contributed by atoms with Crippen LogP contribution in [0.4, 0.5) is 0 Å². The minimum atomic E-state index is -0.963.